The summed E-state index contributed by atoms with van der Waals surface area (Å²) in [6, 6.07) is 18.9. The van der Waals surface area contributed by atoms with Crippen molar-refractivity contribution in [3.8, 4) is 17.2 Å². The third kappa shape index (κ3) is 6.58. The summed E-state index contributed by atoms with van der Waals surface area (Å²) in [6.45, 7) is 1.38. The highest BCUT2D eigenvalue weighted by atomic mass is 35.5. The fourth-order valence-corrected chi connectivity index (χ4v) is 4.65. The van der Waals surface area contributed by atoms with E-state index >= 15 is 0 Å². The molecule has 3 aromatic rings. The van der Waals surface area contributed by atoms with Crippen molar-refractivity contribution in [3.05, 3.63) is 77.3 Å². The van der Waals surface area contributed by atoms with Crippen LogP contribution in [0, 0.1) is 0 Å². The minimum atomic E-state index is -1.17. The molecule has 0 heterocycles. The molecule has 1 N–H and O–H groups in total. The molecule has 4 rings (SSSR count). The van der Waals surface area contributed by atoms with Crippen molar-refractivity contribution in [2.45, 2.75) is 58.0 Å². The lowest BCUT2D eigenvalue weighted by Crippen LogP contribution is -2.24. The van der Waals surface area contributed by atoms with Gasteiger partial charge in [-0.25, -0.2) is 4.79 Å². The number of carboxylic acid groups (broad SMARTS) is 1. The first kappa shape index (κ1) is 25.6. The zero-order valence-electron chi connectivity index (χ0n) is 20.3. The van der Waals surface area contributed by atoms with Gasteiger partial charge in [0.05, 0.1) is 17.4 Å². The molecule has 0 unspecified atom stereocenters. The second kappa shape index (κ2) is 12.0. The Morgan fingerprint density at radius 1 is 0.833 bits per heavy atom. The van der Waals surface area contributed by atoms with Crippen molar-refractivity contribution in [2.24, 2.45) is 0 Å². The molecule has 1 aliphatic carbocycles. The molecule has 0 aliphatic heterocycles. The summed E-state index contributed by atoms with van der Waals surface area (Å²) in [6.07, 6.45) is 8.83. The van der Waals surface area contributed by atoms with Gasteiger partial charge >= 0.3 is 5.97 Å². The zero-order valence-corrected chi connectivity index (χ0v) is 21.0. The molecular formula is C29H30ClNO5. The van der Waals surface area contributed by atoms with Crippen molar-refractivity contribution < 1.29 is 24.2 Å². The van der Waals surface area contributed by atoms with E-state index in [2.05, 4.69) is 0 Å². The molecule has 1 aliphatic rings. The van der Waals surface area contributed by atoms with Crippen molar-refractivity contribution in [1.29, 1.82) is 0 Å². The van der Waals surface area contributed by atoms with Crippen LogP contribution in [0.2, 0.25) is 5.02 Å². The van der Waals surface area contributed by atoms with E-state index in [0.717, 1.165) is 18.6 Å². The van der Waals surface area contributed by atoms with Crippen LogP contribution in [0.25, 0.3) is 0 Å². The standard InChI is InChI=1S/C29H30ClNO5/c1-20(32)31(28-18-9-21(30)19-27(28)29(33)34)22-10-12-24(13-11-22)36-26-16-14-25(15-17-26)35-23-7-5-3-2-4-6-8-23/h9-19,23H,2-8H2,1H3,(H,33,34). The topological polar surface area (TPSA) is 76.1 Å². The van der Waals surface area contributed by atoms with Crippen molar-refractivity contribution in [3.63, 3.8) is 0 Å². The molecule has 3 aromatic carbocycles. The van der Waals surface area contributed by atoms with Gasteiger partial charge in [-0.2, -0.15) is 0 Å². The molecule has 0 bridgehead atoms. The predicted octanol–water partition coefficient (Wildman–Crippen LogP) is 8.01. The smallest absolute Gasteiger partial charge is 0.337 e. The first-order valence-corrected chi connectivity index (χ1v) is 12.7. The average molecular weight is 508 g/mol. The van der Waals surface area contributed by atoms with Gasteiger partial charge in [0.2, 0.25) is 5.91 Å². The zero-order chi connectivity index (χ0) is 25.5. The summed E-state index contributed by atoms with van der Waals surface area (Å²) in [5.74, 6) is 0.610. The van der Waals surface area contributed by atoms with Gasteiger partial charge in [-0.05, 0) is 92.4 Å². The van der Waals surface area contributed by atoms with Gasteiger partial charge in [0.1, 0.15) is 17.2 Å². The van der Waals surface area contributed by atoms with Gasteiger partial charge in [-0.15, -0.1) is 0 Å². The molecule has 0 spiro atoms. The molecule has 0 atom stereocenters. The molecule has 1 saturated carbocycles. The van der Waals surface area contributed by atoms with E-state index in [1.165, 1.54) is 56.1 Å². The molecule has 0 radical (unpaired) electrons. The van der Waals surface area contributed by atoms with E-state index in [0.29, 0.717) is 17.2 Å². The summed E-state index contributed by atoms with van der Waals surface area (Å²) in [4.78, 5) is 25.5. The molecule has 0 aromatic heterocycles. The van der Waals surface area contributed by atoms with Gasteiger partial charge in [0, 0.05) is 17.6 Å². The van der Waals surface area contributed by atoms with Crippen LogP contribution < -0.4 is 14.4 Å². The van der Waals surface area contributed by atoms with Crippen LogP contribution in [-0.4, -0.2) is 23.1 Å². The monoisotopic (exact) mass is 507 g/mol. The number of rotatable bonds is 7. The first-order valence-electron chi connectivity index (χ1n) is 12.3. The van der Waals surface area contributed by atoms with Crippen LogP contribution in [0.3, 0.4) is 0 Å². The number of hydrogen-bond acceptors (Lipinski definition) is 4. The summed E-state index contributed by atoms with van der Waals surface area (Å²) in [5.41, 5.74) is 0.704. The highest BCUT2D eigenvalue weighted by molar-refractivity contribution is 6.31. The maximum absolute atomic E-state index is 12.4. The summed E-state index contributed by atoms with van der Waals surface area (Å²) < 4.78 is 12.2. The second-order valence-electron chi connectivity index (χ2n) is 8.97. The minimum absolute atomic E-state index is 0.0558. The van der Waals surface area contributed by atoms with E-state index in [1.807, 2.05) is 24.3 Å². The summed E-state index contributed by atoms with van der Waals surface area (Å²) in [5, 5.41) is 9.87. The lowest BCUT2D eigenvalue weighted by Gasteiger charge is -2.23. The van der Waals surface area contributed by atoms with Gasteiger partial charge in [0.25, 0.3) is 0 Å². The number of ether oxygens (including phenoxy) is 2. The third-order valence-electron chi connectivity index (χ3n) is 6.25. The first-order chi connectivity index (χ1) is 17.4. The molecule has 0 saturated heterocycles. The maximum atomic E-state index is 12.4. The second-order valence-corrected chi connectivity index (χ2v) is 9.41. The molecule has 1 fully saturated rings. The molecule has 6 nitrogen and oxygen atoms in total. The van der Waals surface area contributed by atoms with E-state index < -0.39 is 5.97 Å². The number of aromatic carboxylic acids is 1. The van der Waals surface area contributed by atoms with Crippen molar-refractivity contribution in [1.82, 2.24) is 0 Å². The predicted molar refractivity (Wildman–Crippen MR) is 141 cm³/mol. The summed E-state index contributed by atoms with van der Waals surface area (Å²) in [7, 11) is 0. The maximum Gasteiger partial charge on any atom is 0.337 e. The van der Waals surface area contributed by atoms with Crippen LogP contribution in [0.15, 0.2) is 66.7 Å². The number of halogens is 1. The number of carboxylic acids is 1. The fraction of sp³-hybridized carbons (Fsp3) is 0.310. The fourth-order valence-electron chi connectivity index (χ4n) is 4.48. The summed E-state index contributed by atoms with van der Waals surface area (Å²) >= 11 is 5.97. The van der Waals surface area contributed by atoms with Gasteiger partial charge < -0.3 is 14.6 Å². The minimum Gasteiger partial charge on any atom is -0.490 e. The van der Waals surface area contributed by atoms with Crippen LogP contribution >= 0.6 is 11.6 Å². The molecule has 36 heavy (non-hydrogen) atoms. The van der Waals surface area contributed by atoms with Crippen molar-refractivity contribution >= 4 is 34.9 Å². The number of anilines is 2. The number of benzene rings is 3. The van der Waals surface area contributed by atoms with Crippen LogP contribution in [0.4, 0.5) is 11.4 Å². The Morgan fingerprint density at radius 3 is 1.97 bits per heavy atom. The van der Waals surface area contributed by atoms with E-state index in [1.54, 1.807) is 30.3 Å². The van der Waals surface area contributed by atoms with E-state index in [-0.39, 0.29) is 28.3 Å². The number of carbonyl (C=O) groups is 2. The Balaban J connectivity index is 1.44. The molecule has 1 amide bonds. The Bertz CT molecular complexity index is 1190. The molecule has 7 heteroatoms. The van der Waals surface area contributed by atoms with E-state index in [4.69, 9.17) is 21.1 Å². The number of nitrogens with zero attached hydrogens (tertiary/aromatic N) is 1. The number of carbonyl (C=O) groups excluding carboxylic acids is 1. The lowest BCUT2D eigenvalue weighted by molar-refractivity contribution is -0.115. The van der Waals surface area contributed by atoms with Gasteiger partial charge in [0.15, 0.2) is 0 Å². The highest BCUT2D eigenvalue weighted by Crippen LogP contribution is 2.33. The van der Waals surface area contributed by atoms with Crippen molar-refractivity contribution in [2.75, 3.05) is 4.90 Å². The Kier molecular flexibility index (Phi) is 8.49. The Morgan fingerprint density at radius 2 is 1.39 bits per heavy atom. The van der Waals surface area contributed by atoms with Crippen LogP contribution in [-0.2, 0) is 4.79 Å². The molecule has 188 valence electrons. The number of amides is 1. The third-order valence-corrected chi connectivity index (χ3v) is 6.49. The average Bonchev–Trinajstić information content (AvgIpc) is 2.83. The highest BCUT2D eigenvalue weighted by Gasteiger charge is 2.21. The quantitative estimate of drug-likeness (QED) is 0.350. The molecular weight excluding hydrogens is 478 g/mol. The van der Waals surface area contributed by atoms with Crippen LogP contribution in [0.1, 0.15) is 62.2 Å². The lowest BCUT2D eigenvalue weighted by atomic mass is 9.98. The normalized spacial score (nSPS) is 14.4. The van der Waals surface area contributed by atoms with Gasteiger partial charge in [-0.1, -0.05) is 30.9 Å². The van der Waals surface area contributed by atoms with Gasteiger partial charge in [-0.3, -0.25) is 9.69 Å². The number of hydrogen-bond donors (Lipinski definition) is 1. The Hall–Kier alpha value is -3.51. The van der Waals surface area contributed by atoms with Crippen LogP contribution in [0.5, 0.6) is 17.2 Å². The van der Waals surface area contributed by atoms with E-state index in [9.17, 15) is 14.7 Å². The largest absolute Gasteiger partial charge is 0.490 e. The SMILES string of the molecule is CC(=O)N(c1ccc(Oc2ccc(OC3CCCCCCC3)cc2)cc1)c1ccc(Cl)cc1C(=O)O. The Labute approximate surface area is 216 Å².